The van der Waals surface area contributed by atoms with Crippen molar-refractivity contribution in [2.45, 2.75) is 19.4 Å². The molecule has 2 aromatic carbocycles. The van der Waals surface area contributed by atoms with Gasteiger partial charge in [0, 0.05) is 16.0 Å². The van der Waals surface area contributed by atoms with E-state index in [1.807, 2.05) is 12.1 Å². The van der Waals surface area contributed by atoms with Gasteiger partial charge in [0.2, 0.25) is 0 Å². The molecule has 0 aliphatic rings. The van der Waals surface area contributed by atoms with Crippen LogP contribution >= 0.6 is 34.5 Å². The molecule has 1 unspecified atom stereocenters. The zero-order valence-electron chi connectivity index (χ0n) is 17.5. The third-order valence-electron chi connectivity index (χ3n) is 4.37. The van der Waals surface area contributed by atoms with E-state index in [2.05, 4.69) is 10.3 Å². The number of methoxy groups -OCH3 is 2. The first-order chi connectivity index (χ1) is 15.3. The Labute approximate surface area is 199 Å². The van der Waals surface area contributed by atoms with Gasteiger partial charge in [0.05, 0.1) is 37.0 Å². The monoisotopic (exact) mass is 494 g/mol. The third-order valence-corrected chi connectivity index (χ3v) is 5.86. The topological polar surface area (TPSA) is 86.8 Å². The van der Waals surface area contributed by atoms with Crippen molar-refractivity contribution in [2.75, 3.05) is 19.5 Å². The van der Waals surface area contributed by atoms with Gasteiger partial charge in [0.1, 0.15) is 5.01 Å². The molecule has 0 aliphatic carbocycles. The van der Waals surface area contributed by atoms with E-state index in [-0.39, 0.29) is 11.4 Å². The number of anilines is 1. The minimum atomic E-state index is -1.02. The van der Waals surface area contributed by atoms with Crippen LogP contribution in [0.2, 0.25) is 10.0 Å². The molecule has 3 aromatic rings. The lowest BCUT2D eigenvalue weighted by atomic mass is 10.2. The third kappa shape index (κ3) is 5.91. The summed E-state index contributed by atoms with van der Waals surface area (Å²) in [6.07, 6.45) is -1.08. The molecule has 0 saturated carbocycles. The van der Waals surface area contributed by atoms with Gasteiger partial charge in [-0.3, -0.25) is 9.59 Å². The summed E-state index contributed by atoms with van der Waals surface area (Å²) in [6, 6.07) is 10.1. The summed E-state index contributed by atoms with van der Waals surface area (Å²) in [4.78, 5) is 29.1. The largest absolute Gasteiger partial charge is 0.493 e. The van der Waals surface area contributed by atoms with E-state index in [4.69, 9.17) is 37.4 Å². The van der Waals surface area contributed by atoms with Crippen LogP contribution in [0.15, 0.2) is 41.8 Å². The SMILES string of the molecule is COc1ccc(-c2nc(CC(=O)OC(C)C(=O)Nc3ccc(Cl)cc3Cl)cs2)cc1OC. The van der Waals surface area contributed by atoms with E-state index in [1.54, 1.807) is 37.8 Å². The minimum absolute atomic E-state index is 0.0664. The summed E-state index contributed by atoms with van der Waals surface area (Å²) in [5, 5.41) is 5.83. The zero-order chi connectivity index (χ0) is 23.3. The van der Waals surface area contributed by atoms with Crippen LogP contribution in [-0.2, 0) is 20.7 Å². The number of ether oxygens (including phenoxy) is 3. The molecule has 168 valence electrons. The number of thiazole rings is 1. The number of esters is 1. The highest BCUT2D eigenvalue weighted by Gasteiger charge is 2.20. The average Bonchev–Trinajstić information content (AvgIpc) is 3.23. The number of nitrogens with one attached hydrogen (secondary N) is 1. The fourth-order valence-corrected chi connectivity index (χ4v) is 4.03. The van der Waals surface area contributed by atoms with E-state index in [1.165, 1.54) is 24.3 Å². The zero-order valence-corrected chi connectivity index (χ0v) is 19.8. The second kappa shape index (κ2) is 10.7. The van der Waals surface area contributed by atoms with Gasteiger partial charge in [-0.2, -0.15) is 0 Å². The van der Waals surface area contributed by atoms with E-state index in [9.17, 15) is 9.59 Å². The molecular weight excluding hydrogens is 475 g/mol. The minimum Gasteiger partial charge on any atom is -0.493 e. The number of nitrogens with zero attached hydrogens (tertiary/aromatic N) is 1. The Morgan fingerprint density at radius 3 is 2.53 bits per heavy atom. The first-order valence-corrected chi connectivity index (χ1v) is 11.1. The summed E-state index contributed by atoms with van der Waals surface area (Å²) in [7, 11) is 3.12. The maximum Gasteiger partial charge on any atom is 0.312 e. The highest BCUT2D eigenvalue weighted by Crippen LogP contribution is 2.33. The Kier molecular flexibility index (Phi) is 7.95. The Balaban J connectivity index is 1.59. The van der Waals surface area contributed by atoms with Gasteiger partial charge in [-0.25, -0.2) is 4.98 Å². The number of halogens is 2. The smallest absolute Gasteiger partial charge is 0.312 e. The lowest BCUT2D eigenvalue weighted by molar-refractivity contribution is -0.152. The maximum absolute atomic E-state index is 12.3. The molecule has 1 amide bonds. The molecule has 1 aromatic heterocycles. The number of rotatable bonds is 8. The van der Waals surface area contributed by atoms with Crippen molar-refractivity contribution in [3.63, 3.8) is 0 Å². The highest BCUT2D eigenvalue weighted by atomic mass is 35.5. The van der Waals surface area contributed by atoms with Gasteiger partial charge < -0.3 is 19.5 Å². The Hall–Kier alpha value is -2.81. The molecule has 0 aliphatic heterocycles. The van der Waals surface area contributed by atoms with Crippen molar-refractivity contribution in [3.8, 4) is 22.1 Å². The van der Waals surface area contributed by atoms with Crippen LogP contribution < -0.4 is 14.8 Å². The molecule has 0 radical (unpaired) electrons. The lowest BCUT2D eigenvalue weighted by Gasteiger charge is -2.14. The predicted octanol–water partition coefficient (Wildman–Crippen LogP) is 5.25. The van der Waals surface area contributed by atoms with E-state index in [0.29, 0.717) is 27.9 Å². The number of benzene rings is 2. The van der Waals surface area contributed by atoms with Crippen LogP contribution in [0.4, 0.5) is 5.69 Å². The van der Waals surface area contributed by atoms with Crippen LogP contribution in [-0.4, -0.2) is 37.2 Å². The first kappa shape index (κ1) is 23.8. The van der Waals surface area contributed by atoms with Crippen LogP contribution in [0.25, 0.3) is 10.6 Å². The van der Waals surface area contributed by atoms with Crippen molar-refractivity contribution in [3.05, 3.63) is 57.5 Å². The molecule has 1 N–H and O–H groups in total. The standard InChI is InChI=1S/C22H20Cl2N2O5S/c1-12(21(28)26-17-6-5-14(23)9-16(17)24)31-20(27)10-15-11-32-22(25-15)13-4-7-18(29-2)19(8-13)30-3/h4-9,11-12H,10H2,1-3H3,(H,26,28). The molecule has 0 saturated heterocycles. The molecule has 1 atom stereocenters. The number of amides is 1. The van der Waals surface area contributed by atoms with Crippen LogP contribution in [0, 0.1) is 0 Å². The number of hydrogen-bond acceptors (Lipinski definition) is 7. The van der Waals surface area contributed by atoms with Gasteiger partial charge in [0.25, 0.3) is 5.91 Å². The summed E-state index contributed by atoms with van der Waals surface area (Å²) < 4.78 is 15.8. The number of aromatic nitrogens is 1. The second-order valence-electron chi connectivity index (χ2n) is 6.64. The van der Waals surface area contributed by atoms with E-state index < -0.39 is 18.0 Å². The number of hydrogen-bond donors (Lipinski definition) is 1. The molecule has 7 nitrogen and oxygen atoms in total. The fraction of sp³-hybridized carbons (Fsp3) is 0.227. The molecule has 0 fully saturated rings. The van der Waals surface area contributed by atoms with Gasteiger partial charge in [-0.15, -0.1) is 11.3 Å². The highest BCUT2D eigenvalue weighted by molar-refractivity contribution is 7.13. The lowest BCUT2D eigenvalue weighted by Crippen LogP contribution is -2.30. The molecule has 0 bridgehead atoms. The molecular formula is C22H20Cl2N2O5S. The quantitative estimate of drug-likeness (QED) is 0.430. The van der Waals surface area contributed by atoms with Crippen molar-refractivity contribution >= 4 is 52.1 Å². The van der Waals surface area contributed by atoms with Crippen molar-refractivity contribution < 1.29 is 23.8 Å². The van der Waals surface area contributed by atoms with Gasteiger partial charge >= 0.3 is 5.97 Å². The molecule has 0 spiro atoms. The van der Waals surface area contributed by atoms with E-state index in [0.717, 1.165) is 10.6 Å². The number of carbonyl (C=O) groups excluding carboxylic acids is 2. The normalized spacial score (nSPS) is 11.5. The van der Waals surface area contributed by atoms with Gasteiger partial charge in [0.15, 0.2) is 17.6 Å². The summed E-state index contributed by atoms with van der Waals surface area (Å²) >= 11 is 13.3. The van der Waals surface area contributed by atoms with Crippen LogP contribution in [0.3, 0.4) is 0 Å². The molecule has 32 heavy (non-hydrogen) atoms. The average molecular weight is 495 g/mol. The second-order valence-corrected chi connectivity index (χ2v) is 8.34. The Morgan fingerprint density at radius 1 is 1.09 bits per heavy atom. The van der Waals surface area contributed by atoms with Crippen LogP contribution in [0.5, 0.6) is 11.5 Å². The van der Waals surface area contributed by atoms with Crippen LogP contribution in [0.1, 0.15) is 12.6 Å². The van der Waals surface area contributed by atoms with Crippen molar-refractivity contribution in [1.29, 1.82) is 0 Å². The predicted molar refractivity (Wildman–Crippen MR) is 125 cm³/mol. The Bertz CT molecular complexity index is 1140. The molecule has 10 heteroatoms. The molecule has 3 rings (SSSR count). The van der Waals surface area contributed by atoms with Gasteiger partial charge in [-0.05, 0) is 43.3 Å². The van der Waals surface area contributed by atoms with Gasteiger partial charge in [-0.1, -0.05) is 23.2 Å². The summed E-state index contributed by atoms with van der Waals surface area (Å²) in [5.74, 6) is 0.122. The fourth-order valence-electron chi connectivity index (χ4n) is 2.76. The van der Waals surface area contributed by atoms with E-state index >= 15 is 0 Å². The van der Waals surface area contributed by atoms with Crippen molar-refractivity contribution in [1.82, 2.24) is 4.98 Å². The summed E-state index contributed by atoms with van der Waals surface area (Å²) in [5.41, 5.74) is 1.75. The number of carbonyl (C=O) groups is 2. The summed E-state index contributed by atoms with van der Waals surface area (Å²) in [6.45, 7) is 1.48. The Morgan fingerprint density at radius 2 is 1.84 bits per heavy atom. The van der Waals surface area contributed by atoms with Crippen molar-refractivity contribution in [2.24, 2.45) is 0 Å². The first-order valence-electron chi connectivity index (χ1n) is 9.43. The maximum atomic E-state index is 12.3. The molecule has 1 heterocycles.